The van der Waals surface area contributed by atoms with Crippen LogP contribution in [-0.2, 0) is 0 Å². The lowest BCUT2D eigenvalue weighted by molar-refractivity contribution is 0.0996. The highest BCUT2D eigenvalue weighted by Crippen LogP contribution is 2.18. The van der Waals surface area contributed by atoms with Crippen LogP contribution in [0, 0.1) is 5.82 Å². The molecule has 0 aromatic heterocycles. The molecule has 0 aliphatic rings. The number of hydrogen-bond donors (Lipinski definition) is 1. The lowest BCUT2D eigenvalue weighted by atomic mass is 10.2. The third kappa shape index (κ3) is 2.18. The highest BCUT2D eigenvalue weighted by Gasteiger charge is 2.09. The number of rotatable bonds is 3. The van der Waals surface area contributed by atoms with E-state index in [0.29, 0.717) is 12.4 Å². The number of halogens is 1. The number of hydrogen-bond acceptors (Lipinski definition) is 2. The summed E-state index contributed by atoms with van der Waals surface area (Å²) >= 11 is 0. The first-order chi connectivity index (χ1) is 6.15. The van der Waals surface area contributed by atoms with Crippen molar-refractivity contribution in [1.29, 1.82) is 0 Å². The van der Waals surface area contributed by atoms with E-state index < -0.39 is 11.7 Å². The number of benzene rings is 1. The van der Waals surface area contributed by atoms with Gasteiger partial charge in [-0.2, -0.15) is 0 Å². The summed E-state index contributed by atoms with van der Waals surface area (Å²) in [6.07, 6.45) is 0. The lowest BCUT2D eigenvalue weighted by Gasteiger charge is -2.06. The number of primary amides is 1. The molecule has 0 bridgehead atoms. The van der Waals surface area contributed by atoms with E-state index in [9.17, 15) is 9.18 Å². The van der Waals surface area contributed by atoms with Crippen LogP contribution in [0.4, 0.5) is 4.39 Å². The zero-order chi connectivity index (χ0) is 9.84. The van der Waals surface area contributed by atoms with Gasteiger partial charge in [-0.25, -0.2) is 4.39 Å². The zero-order valence-corrected chi connectivity index (χ0v) is 7.21. The molecule has 70 valence electrons. The van der Waals surface area contributed by atoms with Crippen molar-refractivity contribution in [3.8, 4) is 5.75 Å². The minimum absolute atomic E-state index is 0.0712. The summed E-state index contributed by atoms with van der Waals surface area (Å²) in [6, 6.07) is 3.67. The maximum atomic E-state index is 12.7. The van der Waals surface area contributed by atoms with Gasteiger partial charge < -0.3 is 10.5 Å². The van der Waals surface area contributed by atoms with Crippen LogP contribution in [0.1, 0.15) is 17.3 Å². The molecule has 1 amide bonds. The highest BCUT2D eigenvalue weighted by molar-refractivity contribution is 5.95. The van der Waals surface area contributed by atoms with Crippen molar-refractivity contribution in [3.63, 3.8) is 0 Å². The zero-order valence-electron chi connectivity index (χ0n) is 7.21. The monoisotopic (exact) mass is 183 g/mol. The predicted molar refractivity (Wildman–Crippen MR) is 46.1 cm³/mol. The van der Waals surface area contributed by atoms with Crippen LogP contribution in [0.3, 0.4) is 0 Å². The van der Waals surface area contributed by atoms with E-state index in [1.807, 2.05) is 0 Å². The molecule has 0 unspecified atom stereocenters. The van der Waals surface area contributed by atoms with Crippen LogP contribution in [0.2, 0.25) is 0 Å². The summed E-state index contributed by atoms with van der Waals surface area (Å²) in [4.78, 5) is 10.8. The standard InChI is InChI=1S/C9H10FNO2/c1-2-13-8-4-3-6(10)5-7(8)9(11)12/h3-5H,2H2,1H3,(H2,11,12). The van der Waals surface area contributed by atoms with E-state index in [-0.39, 0.29) is 5.56 Å². The summed E-state index contributed by atoms with van der Waals surface area (Å²) < 4.78 is 17.8. The first-order valence-corrected chi connectivity index (χ1v) is 3.87. The van der Waals surface area contributed by atoms with Gasteiger partial charge in [-0.15, -0.1) is 0 Å². The molecule has 13 heavy (non-hydrogen) atoms. The van der Waals surface area contributed by atoms with Crippen molar-refractivity contribution in [2.24, 2.45) is 5.73 Å². The maximum Gasteiger partial charge on any atom is 0.252 e. The first kappa shape index (κ1) is 9.51. The van der Waals surface area contributed by atoms with E-state index in [2.05, 4.69) is 0 Å². The maximum absolute atomic E-state index is 12.7. The molecule has 2 N–H and O–H groups in total. The minimum atomic E-state index is -0.692. The second-order valence-corrected chi connectivity index (χ2v) is 2.44. The van der Waals surface area contributed by atoms with Gasteiger partial charge in [0.25, 0.3) is 5.91 Å². The number of amides is 1. The second-order valence-electron chi connectivity index (χ2n) is 2.44. The Kier molecular flexibility index (Phi) is 2.84. The molecule has 0 saturated heterocycles. The molecule has 4 heteroatoms. The third-order valence-electron chi connectivity index (χ3n) is 1.51. The average molecular weight is 183 g/mol. The normalized spacial score (nSPS) is 9.69. The topological polar surface area (TPSA) is 52.3 Å². The molecule has 3 nitrogen and oxygen atoms in total. The Labute approximate surface area is 75.3 Å². The second kappa shape index (κ2) is 3.89. The highest BCUT2D eigenvalue weighted by atomic mass is 19.1. The van der Waals surface area contributed by atoms with Gasteiger partial charge in [0.1, 0.15) is 11.6 Å². The molecular weight excluding hydrogens is 173 g/mol. The Hall–Kier alpha value is -1.58. The van der Waals surface area contributed by atoms with Crippen LogP contribution in [-0.4, -0.2) is 12.5 Å². The summed E-state index contributed by atoms with van der Waals surface area (Å²) in [6.45, 7) is 2.18. The van der Waals surface area contributed by atoms with Gasteiger partial charge in [0, 0.05) is 0 Å². The summed E-state index contributed by atoms with van der Waals surface area (Å²) in [5.41, 5.74) is 5.10. The fourth-order valence-corrected chi connectivity index (χ4v) is 0.976. The molecule has 0 heterocycles. The van der Waals surface area contributed by atoms with Crippen LogP contribution in [0.25, 0.3) is 0 Å². The van der Waals surface area contributed by atoms with Crippen molar-refractivity contribution in [2.45, 2.75) is 6.92 Å². The van der Waals surface area contributed by atoms with Gasteiger partial charge >= 0.3 is 0 Å². The molecule has 0 aliphatic heterocycles. The van der Waals surface area contributed by atoms with Gasteiger partial charge in [-0.3, -0.25) is 4.79 Å². The number of carbonyl (C=O) groups excluding carboxylic acids is 1. The minimum Gasteiger partial charge on any atom is -0.493 e. The van der Waals surface area contributed by atoms with Crippen LogP contribution in [0.5, 0.6) is 5.75 Å². The van der Waals surface area contributed by atoms with E-state index in [0.717, 1.165) is 6.07 Å². The van der Waals surface area contributed by atoms with Gasteiger partial charge in [-0.05, 0) is 25.1 Å². The predicted octanol–water partition coefficient (Wildman–Crippen LogP) is 1.32. The van der Waals surface area contributed by atoms with Gasteiger partial charge in [-0.1, -0.05) is 0 Å². The van der Waals surface area contributed by atoms with Gasteiger partial charge in [0.15, 0.2) is 0 Å². The van der Waals surface area contributed by atoms with E-state index in [1.165, 1.54) is 12.1 Å². The van der Waals surface area contributed by atoms with Crippen molar-refractivity contribution in [1.82, 2.24) is 0 Å². The Bertz CT molecular complexity index is 325. The SMILES string of the molecule is CCOc1ccc(F)cc1C(N)=O. The van der Waals surface area contributed by atoms with Gasteiger partial charge in [0.05, 0.1) is 12.2 Å². The van der Waals surface area contributed by atoms with Crippen molar-refractivity contribution < 1.29 is 13.9 Å². The van der Waals surface area contributed by atoms with Crippen LogP contribution in [0.15, 0.2) is 18.2 Å². The summed E-state index contributed by atoms with van der Waals surface area (Å²) in [7, 11) is 0. The van der Waals surface area contributed by atoms with E-state index in [1.54, 1.807) is 6.92 Å². The summed E-state index contributed by atoms with van der Waals surface area (Å²) in [5.74, 6) is -0.878. The third-order valence-corrected chi connectivity index (χ3v) is 1.51. The fraction of sp³-hybridized carbons (Fsp3) is 0.222. The largest absolute Gasteiger partial charge is 0.493 e. The molecular formula is C9H10FNO2. The van der Waals surface area contributed by atoms with Crippen LogP contribution >= 0.6 is 0 Å². The molecule has 1 aromatic rings. The molecule has 0 radical (unpaired) electrons. The smallest absolute Gasteiger partial charge is 0.252 e. The van der Waals surface area contributed by atoms with Crippen molar-refractivity contribution in [3.05, 3.63) is 29.6 Å². The molecule has 0 aliphatic carbocycles. The number of ether oxygens (including phenoxy) is 1. The Morgan fingerprint density at radius 1 is 1.62 bits per heavy atom. The Morgan fingerprint density at radius 2 is 2.31 bits per heavy atom. The number of nitrogens with two attached hydrogens (primary N) is 1. The van der Waals surface area contributed by atoms with E-state index in [4.69, 9.17) is 10.5 Å². The Morgan fingerprint density at radius 3 is 2.85 bits per heavy atom. The summed E-state index contributed by atoms with van der Waals surface area (Å²) in [5, 5.41) is 0. The quantitative estimate of drug-likeness (QED) is 0.768. The fourth-order valence-electron chi connectivity index (χ4n) is 0.976. The lowest BCUT2D eigenvalue weighted by Crippen LogP contribution is -2.13. The van der Waals surface area contributed by atoms with Gasteiger partial charge in [0.2, 0.25) is 0 Å². The van der Waals surface area contributed by atoms with Crippen molar-refractivity contribution >= 4 is 5.91 Å². The molecule has 1 rings (SSSR count). The molecule has 0 spiro atoms. The first-order valence-electron chi connectivity index (χ1n) is 3.87. The molecule has 0 saturated carbocycles. The molecule has 1 aromatic carbocycles. The number of carbonyl (C=O) groups is 1. The van der Waals surface area contributed by atoms with E-state index >= 15 is 0 Å². The Balaban J connectivity index is 3.10. The van der Waals surface area contributed by atoms with Crippen molar-refractivity contribution in [2.75, 3.05) is 6.61 Å². The molecule has 0 atom stereocenters. The average Bonchev–Trinajstić information content (AvgIpc) is 2.08. The molecule has 0 fully saturated rings. The van der Waals surface area contributed by atoms with Crippen LogP contribution < -0.4 is 10.5 Å².